The quantitative estimate of drug-likeness (QED) is 0.704. The summed E-state index contributed by atoms with van der Waals surface area (Å²) < 4.78 is 13.7. The van der Waals surface area contributed by atoms with Gasteiger partial charge < -0.3 is 5.32 Å². The van der Waals surface area contributed by atoms with Crippen molar-refractivity contribution in [3.63, 3.8) is 0 Å². The third kappa shape index (κ3) is 5.94. The van der Waals surface area contributed by atoms with Crippen LogP contribution in [0.5, 0.6) is 0 Å². The fourth-order valence-electron chi connectivity index (χ4n) is 2.58. The van der Waals surface area contributed by atoms with Crippen molar-refractivity contribution in [1.82, 2.24) is 10.2 Å². The Labute approximate surface area is 157 Å². The first kappa shape index (κ1) is 19.6. The average molecular weight is 407 g/mol. The largest absolute Gasteiger partial charge is 0.352 e. The minimum absolute atomic E-state index is 0.0874. The molecule has 2 rings (SSSR count). The number of halogens is 2. The first-order valence-electron chi connectivity index (χ1n) is 8.57. The molecule has 0 fully saturated rings. The molecule has 0 aromatic heterocycles. The average Bonchev–Trinajstić information content (AvgIpc) is 2.63. The number of hydrogen-bond acceptors (Lipinski definition) is 2. The molecule has 0 aliphatic heterocycles. The van der Waals surface area contributed by atoms with Gasteiger partial charge in [0.25, 0.3) is 5.91 Å². The number of nitrogens with one attached hydrogen (secondary N) is 1. The van der Waals surface area contributed by atoms with Crippen LogP contribution < -0.4 is 5.32 Å². The van der Waals surface area contributed by atoms with E-state index in [9.17, 15) is 9.18 Å². The highest BCUT2D eigenvalue weighted by Crippen LogP contribution is 2.17. The lowest BCUT2D eigenvalue weighted by atomic mass is 10.1. The van der Waals surface area contributed by atoms with Crippen LogP contribution in [0.1, 0.15) is 35.3 Å². The number of carbonyl (C=O) groups is 1. The molecular formula is C20H24BrFN2O. The van der Waals surface area contributed by atoms with Crippen molar-refractivity contribution < 1.29 is 9.18 Å². The lowest BCUT2D eigenvalue weighted by Gasteiger charge is -2.18. The van der Waals surface area contributed by atoms with E-state index < -0.39 is 0 Å². The number of amides is 1. The van der Waals surface area contributed by atoms with Gasteiger partial charge in [0, 0.05) is 18.7 Å². The maximum absolute atomic E-state index is 13.2. The van der Waals surface area contributed by atoms with E-state index in [2.05, 4.69) is 40.0 Å². The molecule has 0 heterocycles. The topological polar surface area (TPSA) is 32.3 Å². The van der Waals surface area contributed by atoms with Crippen LogP contribution >= 0.6 is 15.9 Å². The predicted molar refractivity (Wildman–Crippen MR) is 103 cm³/mol. The molecule has 5 heteroatoms. The van der Waals surface area contributed by atoms with Crippen LogP contribution in [0.15, 0.2) is 46.9 Å². The van der Waals surface area contributed by atoms with Crippen molar-refractivity contribution in [2.24, 2.45) is 0 Å². The van der Waals surface area contributed by atoms with E-state index in [-0.39, 0.29) is 11.7 Å². The summed E-state index contributed by atoms with van der Waals surface area (Å²) >= 11 is 3.17. The molecule has 0 aliphatic rings. The van der Waals surface area contributed by atoms with Crippen LogP contribution in [0.2, 0.25) is 0 Å². The first-order valence-corrected chi connectivity index (χ1v) is 9.36. The second-order valence-electron chi connectivity index (χ2n) is 5.91. The maximum atomic E-state index is 13.2. The summed E-state index contributed by atoms with van der Waals surface area (Å²) in [6.45, 7) is 7.72. The van der Waals surface area contributed by atoms with Gasteiger partial charge in [0.1, 0.15) is 5.82 Å². The number of hydrogen-bond donors (Lipinski definition) is 1. The minimum atomic E-state index is -0.280. The molecule has 134 valence electrons. The molecule has 0 unspecified atom stereocenters. The van der Waals surface area contributed by atoms with E-state index in [0.29, 0.717) is 23.0 Å². The number of carbonyl (C=O) groups excluding carboxylic acids is 1. The van der Waals surface area contributed by atoms with Gasteiger partial charge in [-0.15, -0.1) is 0 Å². The van der Waals surface area contributed by atoms with Crippen molar-refractivity contribution >= 4 is 21.8 Å². The third-order valence-electron chi connectivity index (χ3n) is 4.20. The Hall–Kier alpha value is -1.72. The molecular weight excluding hydrogens is 383 g/mol. The van der Waals surface area contributed by atoms with E-state index in [1.165, 1.54) is 11.6 Å². The molecule has 25 heavy (non-hydrogen) atoms. The highest BCUT2D eigenvalue weighted by atomic mass is 79.9. The molecule has 2 aromatic carbocycles. The van der Waals surface area contributed by atoms with Crippen LogP contribution in [0.3, 0.4) is 0 Å². The molecule has 0 radical (unpaired) electrons. The Morgan fingerprint density at radius 1 is 1.08 bits per heavy atom. The number of benzene rings is 2. The lowest BCUT2D eigenvalue weighted by Crippen LogP contribution is -2.26. The van der Waals surface area contributed by atoms with Gasteiger partial charge in [-0.25, -0.2) is 4.39 Å². The molecule has 0 aliphatic carbocycles. The Bertz CT molecular complexity index is 699. The molecule has 0 bridgehead atoms. The van der Waals surface area contributed by atoms with Crippen LogP contribution in [0, 0.1) is 5.82 Å². The van der Waals surface area contributed by atoms with Gasteiger partial charge in [-0.3, -0.25) is 9.69 Å². The molecule has 1 amide bonds. The minimum Gasteiger partial charge on any atom is -0.352 e. The summed E-state index contributed by atoms with van der Waals surface area (Å²) in [5.74, 6) is -0.367. The van der Waals surface area contributed by atoms with Gasteiger partial charge in [-0.2, -0.15) is 0 Å². The van der Waals surface area contributed by atoms with E-state index in [1.54, 1.807) is 12.1 Å². The standard InChI is InChI=1S/C20H24BrFN2O/c1-3-24(4-2)14-16-5-8-17(9-6-16)20(25)23-12-11-15-7-10-19(22)18(21)13-15/h5-10,13H,3-4,11-12,14H2,1-2H3,(H,23,25). The summed E-state index contributed by atoms with van der Waals surface area (Å²) in [6.07, 6.45) is 0.657. The van der Waals surface area contributed by atoms with Gasteiger partial charge in [-0.1, -0.05) is 32.0 Å². The molecule has 1 N–H and O–H groups in total. The SMILES string of the molecule is CCN(CC)Cc1ccc(C(=O)NCCc2ccc(F)c(Br)c2)cc1. The van der Waals surface area contributed by atoms with E-state index in [1.807, 2.05) is 24.3 Å². The van der Waals surface area contributed by atoms with Crippen LogP contribution in [0.25, 0.3) is 0 Å². The number of nitrogens with zero attached hydrogens (tertiary/aromatic N) is 1. The van der Waals surface area contributed by atoms with Crippen molar-refractivity contribution in [1.29, 1.82) is 0 Å². The Morgan fingerprint density at radius 3 is 2.32 bits per heavy atom. The summed E-state index contributed by atoms with van der Waals surface area (Å²) in [5, 5.41) is 2.91. The summed E-state index contributed by atoms with van der Waals surface area (Å²) in [5.41, 5.74) is 2.84. The normalized spacial score (nSPS) is 10.9. The third-order valence-corrected chi connectivity index (χ3v) is 4.81. The van der Waals surface area contributed by atoms with Gasteiger partial charge >= 0.3 is 0 Å². The predicted octanol–water partition coefficient (Wildman–Crippen LogP) is 4.40. The zero-order chi connectivity index (χ0) is 18.2. The molecule has 2 aromatic rings. The van der Waals surface area contributed by atoms with Crippen molar-refractivity contribution in [2.75, 3.05) is 19.6 Å². The Balaban J connectivity index is 1.85. The van der Waals surface area contributed by atoms with Crippen LogP contribution in [-0.4, -0.2) is 30.4 Å². The highest BCUT2D eigenvalue weighted by molar-refractivity contribution is 9.10. The molecule has 3 nitrogen and oxygen atoms in total. The van der Waals surface area contributed by atoms with Crippen LogP contribution in [0.4, 0.5) is 4.39 Å². The van der Waals surface area contributed by atoms with Crippen molar-refractivity contribution in [2.45, 2.75) is 26.8 Å². The van der Waals surface area contributed by atoms with E-state index in [4.69, 9.17) is 0 Å². The molecule has 0 saturated heterocycles. The smallest absolute Gasteiger partial charge is 0.251 e. The van der Waals surface area contributed by atoms with Gasteiger partial charge in [0.05, 0.1) is 4.47 Å². The summed E-state index contributed by atoms with van der Waals surface area (Å²) in [4.78, 5) is 14.5. The fourth-order valence-corrected chi connectivity index (χ4v) is 3.01. The zero-order valence-corrected chi connectivity index (χ0v) is 16.3. The van der Waals surface area contributed by atoms with Crippen molar-refractivity contribution in [3.8, 4) is 0 Å². The lowest BCUT2D eigenvalue weighted by molar-refractivity contribution is 0.0954. The molecule has 0 atom stereocenters. The summed E-state index contributed by atoms with van der Waals surface area (Å²) in [6, 6.07) is 12.6. The fraction of sp³-hybridized carbons (Fsp3) is 0.350. The highest BCUT2D eigenvalue weighted by Gasteiger charge is 2.07. The second kappa shape index (κ2) is 9.68. The Morgan fingerprint density at radius 2 is 1.72 bits per heavy atom. The van der Waals surface area contributed by atoms with Crippen molar-refractivity contribution in [3.05, 3.63) is 69.4 Å². The van der Waals surface area contributed by atoms with E-state index >= 15 is 0 Å². The number of rotatable bonds is 8. The van der Waals surface area contributed by atoms with Gasteiger partial charge in [0.2, 0.25) is 0 Å². The first-order chi connectivity index (χ1) is 12.0. The maximum Gasteiger partial charge on any atom is 0.251 e. The summed E-state index contributed by atoms with van der Waals surface area (Å²) in [7, 11) is 0. The molecule has 0 spiro atoms. The monoisotopic (exact) mass is 406 g/mol. The Kier molecular flexibility index (Phi) is 7.59. The zero-order valence-electron chi connectivity index (χ0n) is 14.7. The second-order valence-corrected chi connectivity index (χ2v) is 6.77. The van der Waals surface area contributed by atoms with Gasteiger partial charge in [-0.05, 0) is 70.8 Å². The molecule has 0 saturated carbocycles. The van der Waals surface area contributed by atoms with Gasteiger partial charge in [0.15, 0.2) is 0 Å². The van der Waals surface area contributed by atoms with E-state index in [0.717, 1.165) is 25.2 Å². The van der Waals surface area contributed by atoms with Crippen LogP contribution in [-0.2, 0) is 13.0 Å².